The molecule has 0 aromatic carbocycles. The van der Waals surface area contributed by atoms with Gasteiger partial charge < -0.3 is 9.63 Å². The normalized spacial score (nSPS) is 21.3. The Labute approximate surface area is 147 Å². The van der Waals surface area contributed by atoms with Gasteiger partial charge in [-0.2, -0.15) is 10.1 Å². The van der Waals surface area contributed by atoms with Gasteiger partial charge >= 0.3 is 0 Å². The number of aliphatic hydroxyl groups excluding tert-OH is 1. The Hall–Kier alpha value is -1.77. The second-order valence-corrected chi connectivity index (χ2v) is 7.14. The lowest BCUT2D eigenvalue weighted by Gasteiger charge is -2.23. The molecule has 1 saturated carbocycles. The Morgan fingerprint density at radius 1 is 1.16 bits per heavy atom. The van der Waals surface area contributed by atoms with E-state index >= 15 is 0 Å². The van der Waals surface area contributed by atoms with Gasteiger partial charge in [0.2, 0.25) is 5.89 Å². The minimum absolute atomic E-state index is 0.398. The van der Waals surface area contributed by atoms with Crippen LogP contribution in [0.25, 0.3) is 0 Å². The zero-order valence-electron chi connectivity index (χ0n) is 14.5. The SMILES string of the molecule is OC(CN1CCCN(Cc2noc(C3CC3)n2)CC1)Cn1cccn1. The molecule has 8 heteroatoms. The number of rotatable bonds is 7. The second-order valence-electron chi connectivity index (χ2n) is 7.14. The number of hydrogen-bond acceptors (Lipinski definition) is 7. The molecule has 1 atom stereocenters. The van der Waals surface area contributed by atoms with Crippen LogP contribution in [-0.4, -0.2) is 73.7 Å². The Kier molecular flexibility index (Phi) is 5.09. The Morgan fingerprint density at radius 3 is 2.80 bits per heavy atom. The van der Waals surface area contributed by atoms with Crippen molar-refractivity contribution in [3.63, 3.8) is 0 Å². The average molecular weight is 346 g/mol. The summed E-state index contributed by atoms with van der Waals surface area (Å²) in [5, 5.41) is 18.6. The van der Waals surface area contributed by atoms with E-state index in [-0.39, 0.29) is 0 Å². The predicted octanol–water partition coefficient (Wildman–Crippen LogP) is 0.712. The molecule has 0 bridgehead atoms. The molecule has 0 spiro atoms. The van der Waals surface area contributed by atoms with Crippen LogP contribution in [0.15, 0.2) is 23.0 Å². The smallest absolute Gasteiger partial charge is 0.229 e. The highest BCUT2D eigenvalue weighted by Gasteiger charge is 2.30. The average Bonchev–Trinajstić information content (AvgIpc) is 3.20. The van der Waals surface area contributed by atoms with E-state index in [1.807, 2.05) is 12.3 Å². The second kappa shape index (κ2) is 7.63. The summed E-state index contributed by atoms with van der Waals surface area (Å²) >= 11 is 0. The first-order valence-corrected chi connectivity index (χ1v) is 9.19. The van der Waals surface area contributed by atoms with Crippen molar-refractivity contribution in [2.45, 2.75) is 44.4 Å². The van der Waals surface area contributed by atoms with Gasteiger partial charge in [0, 0.05) is 37.9 Å². The summed E-state index contributed by atoms with van der Waals surface area (Å²) in [5.41, 5.74) is 0. The highest BCUT2D eigenvalue weighted by molar-refractivity contribution is 5.01. The van der Waals surface area contributed by atoms with Crippen molar-refractivity contribution in [2.24, 2.45) is 0 Å². The molecule has 0 amide bonds. The minimum Gasteiger partial charge on any atom is -0.390 e. The van der Waals surface area contributed by atoms with E-state index in [0.717, 1.165) is 50.9 Å². The highest BCUT2D eigenvalue weighted by atomic mass is 16.5. The topological polar surface area (TPSA) is 83.5 Å². The molecule has 1 unspecified atom stereocenters. The fourth-order valence-corrected chi connectivity index (χ4v) is 3.37. The lowest BCUT2D eigenvalue weighted by molar-refractivity contribution is 0.0961. The van der Waals surface area contributed by atoms with Crippen LogP contribution >= 0.6 is 0 Å². The largest absolute Gasteiger partial charge is 0.390 e. The summed E-state index contributed by atoms with van der Waals surface area (Å²) in [6.07, 6.45) is 6.67. The van der Waals surface area contributed by atoms with Crippen molar-refractivity contribution in [3.8, 4) is 0 Å². The molecule has 1 saturated heterocycles. The first-order chi connectivity index (χ1) is 12.3. The van der Waals surface area contributed by atoms with Gasteiger partial charge in [0.15, 0.2) is 5.82 Å². The fraction of sp³-hybridized carbons (Fsp3) is 0.706. The van der Waals surface area contributed by atoms with Crippen molar-refractivity contribution in [1.82, 2.24) is 29.7 Å². The van der Waals surface area contributed by atoms with Crippen LogP contribution in [0, 0.1) is 0 Å². The maximum Gasteiger partial charge on any atom is 0.229 e. The number of aliphatic hydroxyl groups is 1. The quantitative estimate of drug-likeness (QED) is 0.790. The van der Waals surface area contributed by atoms with E-state index in [2.05, 4.69) is 25.0 Å². The maximum absolute atomic E-state index is 10.3. The van der Waals surface area contributed by atoms with Crippen molar-refractivity contribution in [2.75, 3.05) is 32.7 Å². The van der Waals surface area contributed by atoms with Gasteiger partial charge in [0.25, 0.3) is 0 Å². The standard InChI is InChI=1S/C17H26N6O2/c24-15(12-23-8-1-5-18-23)11-21-6-2-7-22(10-9-21)13-16-19-17(25-20-16)14-3-4-14/h1,5,8,14-15,24H,2-4,6-7,9-13H2. The van der Waals surface area contributed by atoms with Crippen LogP contribution in [0.2, 0.25) is 0 Å². The van der Waals surface area contributed by atoms with Crippen LogP contribution < -0.4 is 0 Å². The monoisotopic (exact) mass is 346 g/mol. The molecule has 3 heterocycles. The van der Waals surface area contributed by atoms with Gasteiger partial charge in [-0.25, -0.2) is 0 Å². The molecule has 1 N–H and O–H groups in total. The highest BCUT2D eigenvalue weighted by Crippen LogP contribution is 2.38. The molecule has 8 nitrogen and oxygen atoms in total. The van der Waals surface area contributed by atoms with Gasteiger partial charge in [-0.05, 0) is 38.4 Å². The van der Waals surface area contributed by atoms with Crippen LogP contribution in [0.1, 0.15) is 36.9 Å². The van der Waals surface area contributed by atoms with Crippen molar-refractivity contribution < 1.29 is 9.63 Å². The van der Waals surface area contributed by atoms with Crippen molar-refractivity contribution >= 4 is 0 Å². The third-order valence-corrected chi connectivity index (χ3v) is 4.88. The lowest BCUT2D eigenvalue weighted by atomic mass is 10.3. The molecule has 1 aliphatic carbocycles. The number of nitrogens with zero attached hydrogens (tertiary/aromatic N) is 6. The van der Waals surface area contributed by atoms with Crippen LogP contribution in [-0.2, 0) is 13.1 Å². The first kappa shape index (κ1) is 16.7. The molecule has 4 rings (SSSR count). The summed E-state index contributed by atoms with van der Waals surface area (Å²) in [6.45, 7) is 5.91. The van der Waals surface area contributed by atoms with Gasteiger partial charge in [-0.3, -0.25) is 14.5 Å². The zero-order chi connectivity index (χ0) is 17.1. The molecule has 136 valence electrons. The van der Waals surface area contributed by atoms with E-state index in [0.29, 0.717) is 19.0 Å². The van der Waals surface area contributed by atoms with Crippen LogP contribution in [0.4, 0.5) is 0 Å². The Bertz CT molecular complexity index is 654. The molecule has 2 aromatic heterocycles. The van der Waals surface area contributed by atoms with Crippen molar-refractivity contribution in [1.29, 1.82) is 0 Å². The Balaban J connectivity index is 1.23. The van der Waals surface area contributed by atoms with Gasteiger partial charge in [0.05, 0.1) is 19.2 Å². The molecular formula is C17H26N6O2. The van der Waals surface area contributed by atoms with Gasteiger partial charge in [-0.15, -0.1) is 0 Å². The lowest BCUT2D eigenvalue weighted by Crippen LogP contribution is -2.37. The Morgan fingerprint density at radius 2 is 2.00 bits per heavy atom. The van der Waals surface area contributed by atoms with Crippen LogP contribution in [0.5, 0.6) is 0 Å². The third kappa shape index (κ3) is 4.65. The van der Waals surface area contributed by atoms with E-state index in [4.69, 9.17) is 4.52 Å². The summed E-state index contributed by atoms with van der Waals surface area (Å²) in [6, 6.07) is 1.88. The molecule has 2 aliphatic rings. The first-order valence-electron chi connectivity index (χ1n) is 9.19. The molecule has 2 fully saturated rings. The van der Waals surface area contributed by atoms with Gasteiger partial charge in [-0.1, -0.05) is 5.16 Å². The fourth-order valence-electron chi connectivity index (χ4n) is 3.37. The summed E-state index contributed by atoms with van der Waals surface area (Å²) in [4.78, 5) is 9.23. The number of hydrogen-bond donors (Lipinski definition) is 1. The molecule has 25 heavy (non-hydrogen) atoms. The van der Waals surface area contributed by atoms with E-state index in [1.165, 1.54) is 12.8 Å². The molecule has 2 aromatic rings. The van der Waals surface area contributed by atoms with Gasteiger partial charge in [0.1, 0.15) is 0 Å². The zero-order valence-corrected chi connectivity index (χ0v) is 14.5. The summed E-state index contributed by atoms with van der Waals surface area (Å²) in [5.74, 6) is 2.12. The van der Waals surface area contributed by atoms with Crippen LogP contribution in [0.3, 0.4) is 0 Å². The third-order valence-electron chi connectivity index (χ3n) is 4.88. The maximum atomic E-state index is 10.3. The van der Waals surface area contributed by atoms with E-state index in [9.17, 15) is 5.11 Å². The summed E-state index contributed by atoms with van der Waals surface area (Å²) in [7, 11) is 0. The molecule has 0 radical (unpaired) electrons. The van der Waals surface area contributed by atoms with Crippen molar-refractivity contribution in [3.05, 3.63) is 30.2 Å². The minimum atomic E-state index is -0.398. The van der Waals surface area contributed by atoms with E-state index in [1.54, 1.807) is 10.9 Å². The molecule has 1 aliphatic heterocycles. The summed E-state index contributed by atoms with van der Waals surface area (Å²) < 4.78 is 7.13. The predicted molar refractivity (Wildman–Crippen MR) is 90.8 cm³/mol. The van der Waals surface area contributed by atoms with E-state index < -0.39 is 6.10 Å². The number of aromatic nitrogens is 4. The molecular weight excluding hydrogens is 320 g/mol. The number of β-amino-alcohol motifs (C(OH)–C–C–N with tert-alkyl or cyclic N) is 1.